The molecule has 0 aliphatic heterocycles. The zero-order valence-corrected chi connectivity index (χ0v) is 17.4. The van der Waals surface area contributed by atoms with E-state index in [1.54, 1.807) is 0 Å². The number of nitrogens with zero attached hydrogens (tertiary/aromatic N) is 1. The lowest BCUT2D eigenvalue weighted by atomic mass is 9.80. The molecule has 0 bridgehead atoms. The number of fused-ring (bicyclic) bond motifs is 3. The Morgan fingerprint density at radius 1 is 0.788 bits per heavy atom. The van der Waals surface area contributed by atoms with Crippen molar-refractivity contribution in [3.8, 4) is 11.1 Å². The Hall–Kier alpha value is -2.50. The topological polar surface area (TPSA) is 73.9 Å². The molecule has 33 heavy (non-hydrogen) atoms. The van der Waals surface area contributed by atoms with Crippen molar-refractivity contribution in [2.75, 3.05) is 26.3 Å². The first-order valence-corrected chi connectivity index (χ1v) is 10.2. The lowest BCUT2D eigenvalue weighted by molar-refractivity contribution is -0.139. The van der Waals surface area contributed by atoms with Crippen molar-refractivity contribution >= 4 is 0 Å². The predicted molar refractivity (Wildman–Crippen MR) is 108 cm³/mol. The first-order chi connectivity index (χ1) is 15.6. The first kappa shape index (κ1) is 25.1. The van der Waals surface area contributed by atoms with Crippen molar-refractivity contribution in [2.24, 2.45) is 10.9 Å². The average molecular weight is 476 g/mol. The minimum absolute atomic E-state index is 0.0445. The highest BCUT2D eigenvalue weighted by molar-refractivity contribution is 5.75. The van der Waals surface area contributed by atoms with Gasteiger partial charge in [0.1, 0.15) is 12.2 Å². The Morgan fingerprint density at radius 2 is 1.24 bits per heavy atom. The standard InChI is InChI=1S/C22H22F6N2O3/c23-21(24,25)13-3-5-15-16-6-4-14(22(26,27)28)12-18(16)20(33-10-2-8-30-31)19(17(15)11-13)32-9-1-7-29/h3-6,11-12,19-20H,1-2,7-10,29H2. The number of hydrogen-bond acceptors (Lipinski definition) is 5. The first-order valence-electron chi connectivity index (χ1n) is 10.2. The molecule has 0 amide bonds. The van der Waals surface area contributed by atoms with Crippen molar-refractivity contribution in [3.05, 3.63) is 63.6 Å². The number of benzene rings is 2. The van der Waals surface area contributed by atoms with Gasteiger partial charge in [-0.1, -0.05) is 17.3 Å². The SMILES string of the molecule is NCCCOC1c2cc(C(F)(F)F)ccc2-c2ccc(C(F)(F)F)cc2C1OCCCN=O. The van der Waals surface area contributed by atoms with Crippen LogP contribution in [0.1, 0.15) is 47.3 Å². The van der Waals surface area contributed by atoms with Crippen molar-refractivity contribution < 1.29 is 35.8 Å². The molecule has 2 aromatic carbocycles. The normalized spacial score (nSPS) is 18.0. The summed E-state index contributed by atoms with van der Waals surface area (Å²) >= 11 is 0. The smallest absolute Gasteiger partial charge is 0.370 e. The Morgan fingerprint density at radius 3 is 1.64 bits per heavy atom. The molecular formula is C22H22F6N2O3. The molecule has 0 radical (unpaired) electrons. The van der Waals surface area contributed by atoms with Gasteiger partial charge >= 0.3 is 12.4 Å². The molecule has 1 aliphatic carbocycles. The largest absolute Gasteiger partial charge is 0.416 e. The van der Waals surface area contributed by atoms with Gasteiger partial charge in [-0.15, -0.1) is 0 Å². The van der Waals surface area contributed by atoms with E-state index in [2.05, 4.69) is 5.18 Å². The molecule has 3 rings (SSSR count). The zero-order chi connectivity index (χ0) is 24.2. The Balaban J connectivity index is 2.15. The maximum atomic E-state index is 13.4. The molecule has 2 N–H and O–H groups in total. The second-order valence-electron chi connectivity index (χ2n) is 7.53. The third-order valence-corrected chi connectivity index (χ3v) is 5.27. The van der Waals surface area contributed by atoms with Gasteiger partial charge in [-0.2, -0.15) is 31.2 Å². The molecule has 0 heterocycles. The summed E-state index contributed by atoms with van der Waals surface area (Å²) in [6.45, 7) is 0.210. The molecule has 5 nitrogen and oxygen atoms in total. The maximum absolute atomic E-state index is 13.4. The zero-order valence-electron chi connectivity index (χ0n) is 17.4. The van der Waals surface area contributed by atoms with E-state index in [4.69, 9.17) is 15.2 Å². The van der Waals surface area contributed by atoms with Crippen LogP contribution in [0.3, 0.4) is 0 Å². The molecule has 0 spiro atoms. The highest BCUT2D eigenvalue weighted by Crippen LogP contribution is 2.50. The van der Waals surface area contributed by atoms with Crippen LogP contribution in [-0.4, -0.2) is 26.3 Å². The summed E-state index contributed by atoms with van der Waals surface area (Å²) in [5, 5.41) is 2.71. The van der Waals surface area contributed by atoms with Crippen molar-refractivity contribution in [2.45, 2.75) is 37.4 Å². The fourth-order valence-corrected chi connectivity index (χ4v) is 3.75. The second-order valence-corrected chi connectivity index (χ2v) is 7.53. The van der Waals surface area contributed by atoms with Crippen LogP contribution in [0, 0.1) is 4.91 Å². The molecule has 1 aliphatic rings. The molecule has 0 saturated carbocycles. The van der Waals surface area contributed by atoms with Gasteiger partial charge in [0.05, 0.1) is 17.7 Å². The van der Waals surface area contributed by atoms with Gasteiger partial charge in [0, 0.05) is 13.2 Å². The molecule has 2 atom stereocenters. The van der Waals surface area contributed by atoms with E-state index in [0.717, 1.165) is 24.3 Å². The fraction of sp³-hybridized carbons (Fsp3) is 0.455. The minimum Gasteiger partial charge on any atom is -0.370 e. The van der Waals surface area contributed by atoms with Gasteiger partial charge in [-0.25, -0.2) is 0 Å². The fourth-order valence-electron chi connectivity index (χ4n) is 3.75. The number of ether oxygens (including phenoxy) is 2. The monoisotopic (exact) mass is 476 g/mol. The average Bonchev–Trinajstić information content (AvgIpc) is 2.76. The second kappa shape index (κ2) is 10.2. The molecule has 180 valence electrons. The molecule has 0 saturated heterocycles. The van der Waals surface area contributed by atoms with Gasteiger partial charge < -0.3 is 15.2 Å². The summed E-state index contributed by atoms with van der Waals surface area (Å²) < 4.78 is 92.1. The van der Waals surface area contributed by atoms with Crippen LogP contribution >= 0.6 is 0 Å². The number of halogens is 6. The van der Waals surface area contributed by atoms with Crippen molar-refractivity contribution in [1.82, 2.24) is 0 Å². The van der Waals surface area contributed by atoms with Crippen molar-refractivity contribution in [1.29, 1.82) is 0 Å². The Kier molecular flexibility index (Phi) is 7.76. The number of rotatable bonds is 9. The number of nitrogens with two attached hydrogens (primary N) is 1. The molecule has 2 unspecified atom stereocenters. The van der Waals surface area contributed by atoms with Crippen LogP contribution in [0.25, 0.3) is 11.1 Å². The number of alkyl halides is 6. The highest BCUT2D eigenvalue weighted by atomic mass is 19.4. The molecule has 11 heteroatoms. The van der Waals surface area contributed by atoms with Gasteiger partial charge in [0.2, 0.25) is 0 Å². The van der Waals surface area contributed by atoms with Gasteiger partial charge in [0.15, 0.2) is 0 Å². The molecule has 2 aromatic rings. The Bertz CT molecular complexity index is 978. The lowest BCUT2D eigenvalue weighted by Crippen LogP contribution is -2.25. The molecule has 0 fully saturated rings. The van der Waals surface area contributed by atoms with E-state index in [1.165, 1.54) is 12.1 Å². The van der Waals surface area contributed by atoms with Gasteiger partial charge in [-0.05, 0) is 65.9 Å². The van der Waals surface area contributed by atoms with E-state index in [-0.39, 0.29) is 43.9 Å². The highest BCUT2D eigenvalue weighted by Gasteiger charge is 2.40. The summed E-state index contributed by atoms with van der Waals surface area (Å²) in [7, 11) is 0. The third kappa shape index (κ3) is 5.71. The maximum Gasteiger partial charge on any atom is 0.416 e. The molecule has 0 aromatic heterocycles. The van der Waals surface area contributed by atoms with E-state index in [9.17, 15) is 31.2 Å². The van der Waals surface area contributed by atoms with Crippen LogP contribution < -0.4 is 5.73 Å². The van der Waals surface area contributed by atoms with Crippen LogP contribution in [-0.2, 0) is 21.8 Å². The van der Waals surface area contributed by atoms with E-state index in [0.29, 0.717) is 17.5 Å². The van der Waals surface area contributed by atoms with E-state index in [1.807, 2.05) is 0 Å². The number of hydrogen-bond donors (Lipinski definition) is 1. The summed E-state index contributed by atoms with van der Waals surface area (Å²) in [6.07, 6.45) is -10.9. The minimum atomic E-state index is -4.63. The molecular weight excluding hydrogens is 454 g/mol. The third-order valence-electron chi connectivity index (χ3n) is 5.27. The van der Waals surface area contributed by atoms with Crippen LogP contribution in [0.4, 0.5) is 26.3 Å². The van der Waals surface area contributed by atoms with E-state index < -0.39 is 35.7 Å². The van der Waals surface area contributed by atoms with Crippen molar-refractivity contribution in [3.63, 3.8) is 0 Å². The summed E-state index contributed by atoms with van der Waals surface area (Å²) in [4.78, 5) is 10.4. The summed E-state index contributed by atoms with van der Waals surface area (Å²) in [5.41, 5.74) is 4.62. The quantitative estimate of drug-likeness (QED) is 0.273. The van der Waals surface area contributed by atoms with E-state index >= 15 is 0 Å². The Labute approximate surface area is 185 Å². The summed E-state index contributed by atoms with van der Waals surface area (Å²) in [5.74, 6) is 0. The van der Waals surface area contributed by atoms with Crippen LogP contribution in [0.5, 0.6) is 0 Å². The predicted octanol–water partition coefficient (Wildman–Crippen LogP) is 6.03. The van der Waals surface area contributed by atoms with Crippen LogP contribution in [0.2, 0.25) is 0 Å². The van der Waals surface area contributed by atoms with Gasteiger partial charge in [-0.3, -0.25) is 0 Å². The lowest BCUT2D eigenvalue weighted by Gasteiger charge is -2.36. The van der Waals surface area contributed by atoms with Crippen LogP contribution in [0.15, 0.2) is 41.6 Å². The number of nitroso groups, excluding NO2 is 1. The summed E-state index contributed by atoms with van der Waals surface area (Å²) in [6, 6.07) is 6.08. The van der Waals surface area contributed by atoms with Gasteiger partial charge in [0.25, 0.3) is 0 Å².